The van der Waals surface area contributed by atoms with Crippen molar-refractivity contribution in [1.29, 1.82) is 0 Å². The lowest BCUT2D eigenvalue weighted by Gasteiger charge is -2.31. The van der Waals surface area contributed by atoms with Crippen LogP contribution in [0.25, 0.3) is 0 Å². The molecule has 0 spiro atoms. The number of amides is 1. The maximum absolute atomic E-state index is 13.2. The Morgan fingerprint density at radius 1 is 1.16 bits per heavy atom. The van der Waals surface area contributed by atoms with Crippen LogP contribution in [0, 0.1) is 11.7 Å². The highest BCUT2D eigenvalue weighted by atomic mass is 32.2. The van der Waals surface area contributed by atoms with Crippen LogP contribution in [0.15, 0.2) is 53.4 Å². The number of halogens is 1. The number of sulfonamides is 1. The van der Waals surface area contributed by atoms with Crippen molar-refractivity contribution in [2.24, 2.45) is 5.92 Å². The molecule has 1 unspecified atom stereocenters. The summed E-state index contributed by atoms with van der Waals surface area (Å²) in [6, 6.07) is 13.2. The number of nitrogens with one attached hydrogen (secondary N) is 1. The zero-order valence-electron chi connectivity index (χ0n) is 18.9. The summed E-state index contributed by atoms with van der Waals surface area (Å²) in [5, 5.41) is 3.00. The van der Waals surface area contributed by atoms with Gasteiger partial charge in [0.05, 0.1) is 10.8 Å². The number of nitrogens with zero attached hydrogens (tertiary/aromatic N) is 2. The quantitative estimate of drug-likeness (QED) is 0.654. The molecule has 1 aliphatic rings. The van der Waals surface area contributed by atoms with Crippen molar-refractivity contribution in [3.63, 3.8) is 0 Å². The number of benzene rings is 2. The number of piperidine rings is 1. The fourth-order valence-electron chi connectivity index (χ4n) is 3.79. The maximum atomic E-state index is 13.2. The highest BCUT2D eigenvalue weighted by molar-refractivity contribution is 7.89. The monoisotopic (exact) mass is 461 g/mol. The zero-order valence-corrected chi connectivity index (χ0v) is 19.7. The Labute approximate surface area is 190 Å². The van der Waals surface area contributed by atoms with Crippen molar-refractivity contribution in [2.75, 3.05) is 20.1 Å². The molecule has 1 saturated heterocycles. The highest BCUT2D eigenvalue weighted by Crippen LogP contribution is 2.24. The minimum absolute atomic E-state index is 0.0446. The number of hydrogen-bond acceptors (Lipinski definition) is 4. The van der Waals surface area contributed by atoms with Gasteiger partial charge in [-0.25, -0.2) is 12.8 Å². The van der Waals surface area contributed by atoms with E-state index in [1.165, 1.54) is 16.4 Å². The van der Waals surface area contributed by atoms with Gasteiger partial charge in [0.15, 0.2) is 0 Å². The smallest absolute Gasteiger partial charge is 0.243 e. The number of carbonyl (C=O) groups is 1. The van der Waals surface area contributed by atoms with E-state index < -0.39 is 21.8 Å². The summed E-state index contributed by atoms with van der Waals surface area (Å²) >= 11 is 0. The molecule has 32 heavy (non-hydrogen) atoms. The second-order valence-corrected chi connectivity index (χ2v) is 10.6. The van der Waals surface area contributed by atoms with Crippen LogP contribution in [0.2, 0.25) is 0 Å². The third-order valence-corrected chi connectivity index (χ3v) is 7.96. The molecule has 1 fully saturated rings. The summed E-state index contributed by atoms with van der Waals surface area (Å²) in [4.78, 5) is 15.2. The van der Waals surface area contributed by atoms with E-state index in [0.717, 1.165) is 29.8 Å². The molecule has 1 atom stereocenters. The van der Waals surface area contributed by atoms with Crippen LogP contribution < -0.4 is 5.32 Å². The summed E-state index contributed by atoms with van der Waals surface area (Å²) in [6.07, 6.45) is 1.24. The first kappa shape index (κ1) is 24.4. The third-order valence-electron chi connectivity index (χ3n) is 6.08. The number of hydrogen-bond donors (Lipinski definition) is 1. The molecular weight excluding hydrogens is 429 g/mol. The minimum Gasteiger partial charge on any atom is -0.352 e. The molecule has 2 aromatic rings. The second kappa shape index (κ2) is 10.6. The first-order valence-electron chi connectivity index (χ1n) is 11.0. The fraction of sp³-hybridized carbons (Fsp3) is 0.458. The van der Waals surface area contributed by atoms with Gasteiger partial charge < -0.3 is 5.32 Å². The van der Waals surface area contributed by atoms with Crippen LogP contribution in [0.1, 0.15) is 37.8 Å². The van der Waals surface area contributed by atoms with Gasteiger partial charge in [0, 0.05) is 32.2 Å². The summed E-state index contributed by atoms with van der Waals surface area (Å²) in [7, 11) is -1.69. The molecule has 8 heteroatoms. The van der Waals surface area contributed by atoms with E-state index in [1.54, 1.807) is 0 Å². The van der Waals surface area contributed by atoms with Gasteiger partial charge >= 0.3 is 0 Å². The molecule has 1 N–H and O–H groups in total. The molecule has 2 aromatic carbocycles. The molecule has 0 aliphatic carbocycles. The molecule has 0 aromatic heterocycles. The Bertz CT molecular complexity index is 1030. The second-order valence-electron chi connectivity index (χ2n) is 8.65. The molecule has 0 saturated carbocycles. The topological polar surface area (TPSA) is 69.7 Å². The number of carbonyl (C=O) groups excluding carboxylic acids is 1. The van der Waals surface area contributed by atoms with Gasteiger partial charge in [-0.1, -0.05) is 24.3 Å². The van der Waals surface area contributed by atoms with Crippen LogP contribution in [0.3, 0.4) is 0 Å². The summed E-state index contributed by atoms with van der Waals surface area (Å²) < 4.78 is 40.3. The van der Waals surface area contributed by atoms with E-state index >= 15 is 0 Å². The average molecular weight is 462 g/mol. The van der Waals surface area contributed by atoms with Crippen LogP contribution in [0.4, 0.5) is 4.39 Å². The van der Waals surface area contributed by atoms with E-state index in [4.69, 9.17) is 0 Å². The van der Waals surface area contributed by atoms with Gasteiger partial charge in [-0.2, -0.15) is 4.31 Å². The van der Waals surface area contributed by atoms with Gasteiger partial charge in [0.1, 0.15) is 5.82 Å². The van der Waals surface area contributed by atoms with Crippen molar-refractivity contribution in [3.8, 4) is 0 Å². The van der Waals surface area contributed by atoms with Crippen molar-refractivity contribution in [1.82, 2.24) is 14.5 Å². The van der Waals surface area contributed by atoms with Gasteiger partial charge in [-0.3, -0.25) is 9.69 Å². The standard InChI is InChI=1S/C24H32FN3O3S/c1-18(2)27(3)16-20-8-5-4-7-19(20)15-26-24(29)21-9-6-14-28(17-21)32(30,31)23-12-10-22(25)11-13-23/h4-5,7-8,10-13,18,21H,6,9,14-17H2,1-3H3,(H,26,29). The molecule has 0 radical (unpaired) electrons. The van der Waals surface area contributed by atoms with Crippen LogP contribution in [0.5, 0.6) is 0 Å². The third kappa shape index (κ3) is 5.94. The predicted octanol–water partition coefficient (Wildman–Crippen LogP) is 3.38. The first-order chi connectivity index (χ1) is 15.2. The van der Waals surface area contributed by atoms with E-state index in [0.29, 0.717) is 32.0 Å². The summed E-state index contributed by atoms with van der Waals surface area (Å²) in [5.41, 5.74) is 2.22. The number of rotatable bonds is 8. The predicted molar refractivity (Wildman–Crippen MR) is 123 cm³/mol. The van der Waals surface area contributed by atoms with Crippen molar-refractivity contribution >= 4 is 15.9 Å². The van der Waals surface area contributed by atoms with E-state index in [2.05, 4.69) is 37.2 Å². The maximum Gasteiger partial charge on any atom is 0.243 e. The Kier molecular flexibility index (Phi) is 8.03. The Morgan fingerprint density at radius 3 is 2.47 bits per heavy atom. The lowest BCUT2D eigenvalue weighted by Crippen LogP contribution is -2.45. The summed E-state index contributed by atoms with van der Waals surface area (Å²) in [5.74, 6) is -1.04. The van der Waals surface area contributed by atoms with Crippen molar-refractivity contribution in [2.45, 2.75) is 50.7 Å². The largest absolute Gasteiger partial charge is 0.352 e. The van der Waals surface area contributed by atoms with E-state index in [9.17, 15) is 17.6 Å². The normalized spacial score (nSPS) is 17.6. The Morgan fingerprint density at radius 2 is 1.81 bits per heavy atom. The highest BCUT2D eigenvalue weighted by Gasteiger charge is 2.33. The van der Waals surface area contributed by atoms with Crippen molar-refractivity contribution < 1.29 is 17.6 Å². The lowest BCUT2D eigenvalue weighted by atomic mass is 9.98. The van der Waals surface area contributed by atoms with Crippen LogP contribution >= 0.6 is 0 Å². The fourth-order valence-corrected chi connectivity index (χ4v) is 5.32. The molecule has 1 heterocycles. The average Bonchev–Trinajstić information content (AvgIpc) is 2.78. The molecule has 1 amide bonds. The Hall–Kier alpha value is -2.29. The van der Waals surface area contributed by atoms with Gasteiger partial charge in [0.25, 0.3) is 0 Å². The van der Waals surface area contributed by atoms with E-state index in [-0.39, 0.29) is 17.3 Å². The van der Waals surface area contributed by atoms with Gasteiger partial charge in [-0.15, -0.1) is 0 Å². The summed E-state index contributed by atoms with van der Waals surface area (Å²) in [6.45, 7) is 5.95. The van der Waals surface area contributed by atoms with E-state index in [1.807, 2.05) is 18.2 Å². The first-order valence-corrected chi connectivity index (χ1v) is 12.4. The van der Waals surface area contributed by atoms with Gasteiger partial charge in [0.2, 0.25) is 15.9 Å². The van der Waals surface area contributed by atoms with Gasteiger partial charge in [-0.05, 0) is 69.1 Å². The van der Waals surface area contributed by atoms with Crippen molar-refractivity contribution in [3.05, 3.63) is 65.5 Å². The minimum atomic E-state index is -3.76. The van der Waals surface area contributed by atoms with Crippen LogP contribution in [-0.4, -0.2) is 49.7 Å². The molecule has 174 valence electrons. The lowest BCUT2D eigenvalue weighted by molar-refractivity contribution is -0.126. The molecule has 0 bridgehead atoms. The molecular formula is C24H32FN3O3S. The van der Waals surface area contributed by atoms with Crippen LogP contribution in [-0.2, 0) is 27.9 Å². The molecule has 3 rings (SSSR count). The Balaban J connectivity index is 1.63. The SMILES string of the molecule is CC(C)N(C)Cc1ccccc1CNC(=O)C1CCCN(S(=O)(=O)c2ccc(F)cc2)C1. The zero-order chi connectivity index (χ0) is 23.3. The molecule has 6 nitrogen and oxygen atoms in total. The molecule has 1 aliphatic heterocycles.